The maximum atomic E-state index is 10.5. The minimum absolute atomic E-state index is 0.347. The van der Waals surface area contributed by atoms with Crippen LogP contribution in [0.1, 0.15) is 41.9 Å². The fourth-order valence-electron chi connectivity index (χ4n) is 1.22. The molecule has 0 saturated carbocycles. The molecule has 78 valence electrons. The average molecular weight is 213 g/mol. The number of hydrogen-bond acceptors (Lipinski definition) is 4. The molecule has 0 bridgehead atoms. The number of aldehydes is 1. The molecule has 0 fully saturated rings. The van der Waals surface area contributed by atoms with Crippen molar-refractivity contribution in [1.29, 1.82) is 0 Å². The van der Waals surface area contributed by atoms with Gasteiger partial charge in [0.15, 0.2) is 6.29 Å². The third-order valence-electron chi connectivity index (χ3n) is 2.23. The number of hydrogen-bond donors (Lipinski definition) is 0. The Balaban J connectivity index is 2.93. The van der Waals surface area contributed by atoms with Gasteiger partial charge < -0.3 is 4.74 Å². The Morgan fingerprint density at radius 1 is 1.64 bits per heavy atom. The van der Waals surface area contributed by atoms with Crippen LogP contribution in [0.4, 0.5) is 0 Å². The van der Waals surface area contributed by atoms with Crippen molar-refractivity contribution in [2.24, 2.45) is 0 Å². The van der Waals surface area contributed by atoms with Crippen molar-refractivity contribution >= 4 is 17.6 Å². The van der Waals surface area contributed by atoms with E-state index in [1.54, 1.807) is 6.20 Å². The molecule has 1 aromatic heterocycles. The van der Waals surface area contributed by atoms with E-state index in [1.807, 2.05) is 13.8 Å². The van der Waals surface area contributed by atoms with E-state index < -0.39 is 0 Å². The third-order valence-corrected chi connectivity index (χ3v) is 3.40. The largest absolute Gasteiger partial charge is 0.368 e. The van der Waals surface area contributed by atoms with Gasteiger partial charge in [0.1, 0.15) is 10.6 Å². The number of ether oxygens (including phenoxy) is 1. The molecule has 0 aliphatic heterocycles. The van der Waals surface area contributed by atoms with E-state index in [1.165, 1.54) is 11.3 Å². The summed E-state index contributed by atoms with van der Waals surface area (Å²) < 4.78 is 5.65. The molecular weight excluding hydrogens is 198 g/mol. The zero-order valence-corrected chi connectivity index (χ0v) is 9.56. The zero-order chi connectivity index (χ0) is 10.6. The van der Waals surface area contributed by atoms with Crippen LogP contribution in [-0.4, -0.2) is 17.9 Å². The summed E-state index contributed by atoms with van der Waals surface area (Å²) >= 11 is 1.40. The van der Waals surface area contributed by atoms with E-state index >= 15 is 0 Å². The monoisotopic (exact) mass is 213 g/mol. The second kappa shape index (κ2) is 4.66. The fraction of sp³-hybridized carbons (Fsp3) is 0.600. The molecule has 3 nitrogen and oxygen atoms in total. The van der Waals surface area contributed by atoms with Gasteiger partial charge >= 0.3 is 0 Å². The highest BCUT2D eigenvalue weighted by atomic mass is 32.1. The van der Waals surface area contributed by atoms with Gasteiger partial charge in [0.25, 0.3) is 0 Å². The SMILES string of the molecule is CCOC(C)(CC)c1ncc(C=O)s1. The molecule has 1 rings (SSSR count). The first-order valence-electron chi connectivity index (χ1n) is 4.71. The van der Waals surface area contributed by atoms with Crippen LogP contribution < -0.4 is 0 Å². The van der Waals surface area contributed by atoms with Crippen LogP contribution in [0.15, 0.2) is 6.20 Å². The van der Waals surface area contributed by atoms with E-state index in [-0.39, 0.29) is 5.60 Å². The van der Waals surface area contributed by atoms with Gasteiger partial charge in [-0.1, -0.05) is 6.92 Å². The number of aromatic nitrogens is 1. The minimum atomic E-state index is -0.347. The summed E-state index contributed by atoms with van der Waals surface area (Å²) in [6, 6.07) is 0. The lowest BCUT2D eigenvalue weighted by Crippen LogP contribution is -2.24. The molecule has 0 N–H and O–H groups in total. The van der Waals surface area contributed by atoms with Gasteiger partial charge in [-0.25, -0.2) is 4.98 Å². The second-order valence-corrected chi connectivity index (χ2v) is 4.27. The molecular formula is C10H15NO2S. The Hall–Kier alpha value is -0.740. The van der Waals surface area contributed by atoms with Gasteiger partial charge in [-0.15, -0.1) is 11.3 Å². The minimum Gasteiger partial charge on any atom is -0.368 e. The number of nitrogens with zero attached hydrogens (tertiary/aromatic N) is 1. The van der Waals surface area contributed by atoms with Gasteiger partial charge in [0.2, 0.25) is 0 Å². The molecule has 1 heterocycles. The van der Waals surface area contributed by atoms with E-state index in [2.05, 4.69) is 11.9 Å². The van der Waals surface area contributed by atoms with Gasteiger partial charge in [-0.3, -0.25) is 4.79 Å². The van der Waals surface area contributed by atoms with Crippen molar-refractivity contribution < 1.29 is 9.53 Å². The highest BCUT2D eigenvalue weighted by Gasteiger charge is 2.28. The summed E-state index contributed by atoms with van der Waals surface area (Å²) in [5.74, 6) is 0. The van der Waals surface area contributed by atoms with Crippen molar-refractivity contribution in [3.63, 3.8) is 0 Å². The molecule has 0 aromatic carbocycles. The lowest BCUT2D eigenvalue weighted by atomic mass is 10.1. The average Bonchev–Trinajstić information content (AvgIpc) is 2.66. The van der Waals surface area contributed by atoms with Crippen LogP contribution in [0.25, 0.3) is 0 Å². The van der Waals surface area contributed by atoms with E-state index in [9.17, 15) is 4.79 Å². The predicted molar refractivity (Wildman–Crippen MR) is 56.8 cm³/mol. The van der Waals surface area contributed by atoms with Crippen LogP contribution >= 0.6 is 11.3 Å². The van der Waals surface area contributed by atoms with E-state index in [0.717, 1.165) is 17.7 Å². The van der Waals surface area contributed by atoms with Gasteiger partial charge in [-0.2, -0.15) is 0 Å². The number of carbonyl (C=O) groups excluding carboxylic acids is 1. The molecule has 1 unspecified atom stereocenters. The normalized spacial score (nSPS) is 15.1. The Morgan fingerprint density at radius 3 is 2.79 bits per heavy atom. The molecule has 1 atom stereocenters. The standard InChI is InChI=1S/C10H15NO2S/c1-4-10(3,13-5-2)9-11-6-8(7-12)14-9/h6-7H,4-5H2,1-3H3. The molecule has 0 radical (unpaired) electrons. The molecule has 0 amide bonds. The summed E-state index contributed by atoms with van der Waals surface area (Å²) in [6.07, 6.45) is 3.27. The van der Waals surface area contributed by atoms with Crippen LogP contribution in [-0.2, 0) is 10.3 Å². The van der Waals surface area contributed by atoms with Crippen LogP contribution in [0.5, 0.6) is 0 Å². The number of carbonyl (C=O) groups is 1. The first-order valence-corrected chi connectivity index (χ1v) is 5.53. The molecule has 0 aliphatic rings. The fourth-order valence-corrected chi connectivity index (χ4v) is 2.12. The Kier molecular flexibility index (Phi) is 3.77. The Labute approximate surface area is 88.1 Å². The van der Waals surface area contributed by atoms with Crippen molar-refractivity contribution in [3.05, 3.63) is 16.1 Å². The maximum absolute atomic E-state index is 10.5. The quantitative estimate of drug-likeness (QED) is 0.706. The first-order chi connectivity index (χ1) is 6.66. The van der Waals surface area contributed by atoms with E-state index in [4.69, 9.17) is 4.74 Å². The number of rotatable bonds is 5. The van der Waals surface area contributed by atoms with Crippen molar-refractivity contribution in [2.45, 2.75) is 32.8 Å². The predicted octanol–water partition coefficient (Wildman–Crippen LogP) is 2.62. The first kappa shape index (κ1) is 11.3. The molecule has 0 spiro atoms. The summed E-state index contributed by atoms with van der Waals surface area (Å²) in [5, 5.41) is 0.879. The zero-order valence-electron chi connectivity index (χ0n) is 8.74. The highest BCUT2D eigenvalue weighted by Crippen LogP contribution is 2.31. The maximum Gasteiger partial charge on any atom is 0.161 e. The van der Waals surface area contributed by atoms with E-state index in [0.29, 0.717) is 11.5 Å². The second-order valence-electron chi connectivity index (χ2n) is 3.20. The summed E-state index contributed by atoms with van der Waals surface area (Å²) in [7, 11) is 0. The lowest BCUT2D eigenvalue weighted by Gasteiger charge is -2.25. The van der Waals surface area contributed by atoms with Crippen molar-refractivity contribution in [2.75, 3.05) is 6.61 Å². The Bertz CT molecular complexity index is 311. The third kappa shape index (κ3) is 2.19. The van der Waals surface area contributed by atoms with Crippen LogP contribution in [0.3, 0.4) is 0 Å². The molecule has 14 heavy (non-hydrogen) atoms. The molecule has 0 aliphatic carbocycles. The van der Waals surface area contributed by atoms with Crippen LogP contribution in [0, 0.1) is 0 Å². The van der Waals surface area contributed by atoms with Crippen LogP contribution in [0.2, 0.25) is 0 Å². The van der Waals surface area contributed by atoms with Gasteiger partial charge in [0.05, 0.1) is 4.88 Å². The Morgan fingerprint density at radius 2 is 2.36 bits per heavy atom. The molecule has 0 saturated heterocycles. The summed E-state index contributed by atoms with van der Waals surface area (Å²) in [5.41, 5.74) is -0.347. The van der Waals surface area contributed by atoms with Crippen molar-refractivity contribution in [3.8, 4) is 0 Å². The lowest BCUT2D eigenvalue weighted by molar-refractivity contribution is -0.0324. The van der Waals surface area contributed by atoms with Gasteiger partial charge in [-0.05, 0) is 20.3 Å². The number of thiazole rings is 1. The molecule has 1 aromatic rings. The van der Waals surface area contributed by atoms with Gasteiger partial charge in [0, 0.05) is 12.8 Å². The molecule has 4 heteroatoms. The highest BCUT2D eigenvalue weighted by molar-refractivity contribution is 7.13. The topological polar surface area (TPSA) is 39.2 Å². The summed E-state index contributed by atoms with van der Waals surface area (Å²) in [6.45, 7) is 6.67. The van der Waals surface area contributed by atoms with Crippen molar-refractivity contribution in [1.82, 2.24) is 4.98 Å². The summed E-state index contributed by atoms with van der Waals surface area (Å²) in [4.78, 5) is 15.4. The smallest absolute Gasteiger partial charge is 0.161 e.